The molecular formula is C16H23N5OS. The molecular weight excluding hydrogens is 310 g/mol. The second-order valence-electron chi connectivity index (χ2n) is 6.54. The fourth-order valence-electron chi connectivity index (χ4n) is 3.44. The number of likely N-dealkylation sites (N-methyl/N-ethyl adjacent to an activating group) is 1. The van der Waals surface area contributed by atoms with Crippen molar-refractivity contribution in [2.45, 2.75) is 19.4 Å². The quantitative estimate of drug-likeness (QED) is 0.851. The first-order valence-electron chi connectivity index (χ1n) is 8.37. The predicted molar refractivity (Wildman–Crippen MR) is 91.0 cm³/mol. The number of aromatic nitrogens is 2. The van der Waals surface area contributed by atoms with Crippen LogP contribution in [0.2, 0.25) is 0 Å². The Morgan fingerprint density at radius 2 is 1.91 bits per heavy atom. The fourth-order valence-corrected chi connectivity index (χ4v) is 4.18. The van der Waals surface area contributed by atoms with E-state index in [2.05, 4.69) is 26.2 Å². The number of fused-ring (bicyclic) bond motifs is 1. The molecule has 2 saturated heterocycles. The number of imidazole rings is 1. The van der Waals surface area contributed by atoms with Gasteiger partial charge in [-0.15, -0.1) is 11.3 Å². The van der Waals surface area contributed by atoms with Crippen molar-refractivity contribution < 1.29 is 4.79 Å². The van der Waals surface area contributed by atoms with Gasteiger partial charge in [0.05, 0.1) is 5.69 Å². The van der Waals surface area contributed by atoms with Crippen molar-refractivity contribution in [3.63, 3.8) is 0 Å². The van der Waals surface area contributed by atoms with E-state index in [1.807, 2.05) is 16.5 Å². The molecule has 124 valence electrons. The van der Waals surface area contributed by atoms with Crippen LogP contribution in [0.25, 0.3) is 4.96 Å². The molecule has 2 aliphatic rings. The van der Waals surface area contributed by atoms with E-state index in [1.54, 1.807) is 11.3 Å². The number of piperazine rings is 1. The van der Waals surface area contributed by atoms with Crippen molar-refractivity contribution in [1.82, 2.24) is 24.1 Å². The molecule has 0 N–H and O–H groups in total. The predicted octanol–water partition coefficient (Wildman–Crippen LogP) is 1.38. The first-order valence-corrected chi connectivity index (χ1v) is 9.25. The third-order valence-corrected chi connectivity index (χ3v) is 5.68. The number of carbonyl (C=O) groups excluding carboxylic acids is 1. The molecule has 0 saturated carbocycles. The minimum absolute atomic E-state index is 0.113. The number of rotatable bonds is 3. The van der Waals surface area contributed by atoms with Crippen LogP contribution >= 0.6 is 11.3 Å². The van der Waals surface area contributed by atoms with Gasteiger partial charge < -0.3 is 9.80 Å². The van der Waals surface area contributed by atoms with Crippen molar-refractivity contribution in [1.29, 1.82) is 0 Å². The number of hydrogen-bond acceptors (Lipinski definition) is 5. The van der Waals surface area contributed by atoms with Crippen molar-refractivity contribution in [2.75, 3.05) is 46.3 Å². The first kappa shape index (κ1) is 15.1. The average Bonchev–Trinajstić information content (AvgIpc) is 3.27. The van der Waals surface area contributed by atoms with Gasteiger partial charge in [-0.25, -0.2) is 4.98 Å². The molecule has 6 nitrogen and oxygen atoms in total. The van der Waals surface area contributed by atoms with Crippen LogP contribution in [0.3, 0.4) is 0 Å². The summed E-state index contributed by atoms with van der Waals surface area (Å²) in [6.07, 6.45) is 4.27. The third kappa shape index (κ3) is 2.88. The van der Waals surface area contributed by atoms with E-state index in [0.29, 0.717) is 5.69 Å². The lowest BCUT2D eigenvalue weighted by Gasteiger charge is -2.32. The second kappa shape index (κ2) is 6.22. The van der Waals surface area contributed by atoms with Gasteiger partial charge in [0.1, 0.15) is 0 Å². The molecule has 2 aromatic rings. The largest absolute Gasteiger partial charge is 0.337 e. The summed E-state index contributed by atoms with van der Waals surface area (Å²) in [5.74, 6) is 0.113. The van der Waals surface area contributed by atoms with E-state index in [0.717, 1.165) is 69.3 Å². The number of hydrogen-bond donors (Lipinski definition) is 0. The zero-order valence-electron chi connectivity index (χ0n) is 13.6. The van der Waals surface area contributed by atoms with Crippen LogP contribution < -0.4 is 0 Å². The van der Waals surface area contributed by atoms with E-state index in [1.165, 1.54) is 0 Å². The maximum atomic E-state index is 12.9. The van der Waals surface area contributed by atoms with Crippen LogP contribution in [0.4, 0.5) is 0 Å². The van der Waals surface area contributed by atoms with Crippen molar-refractivity contribution in [3.05, 3.63) is 23.0 Å². The van der Waals surface area contributed by atoms with Gasteiger partial charge in [-0.2, -0.15) is 0 Å². The molecule has 7 heteroatoms. The van der Waals surface area contributed by atoms with E-state index in [-0.39, 0.29) is 5.91 Å². The lowest BCUT2D eigenvalue weighted by Crippen LogP contribution is -2.44. The average molecular weight is 333 g/mol. The van der Waals surface area contributed by atoms with Gasteiger partial charge in [-0.05, 0) is 19.9 Å². The van der Waals surface area contributed by atoms with Crippen LogP contribution in [-0.4, -0.2) is 76.3 Å². The highest BCUT2D eigenvalue weighted by Crippen LogP contribution is 2.22. The van der Waals surface area contributed by atoms with Crippen LogP contribution in [0.15, 0.2) is 11.6 Å². The SMILES string of the molecule is CN1CCN(Cc2c(C(=O)N3CCCC3)nc3sccn23)CC1. The van der Waals surface area contributed by atoms with E-state index in [9.17, 15) is 4.79 Å². The van der Waals surface area contributed by atoms with Crippen LogP contribution in [0.5, 0.6) is 0 Å². The summed E-state index contributed by atoms with van der Waals surface area (Å²) >= 11 is 1.60. The molecule has 0 aliphatic carbocycles. The Bertz CT molecular complexity index is 694. The number of carbonyl (C=O) groups is 1. The van der Waals surface area contributed by atoms with Crippen molar-refractivity contribution in [2.24, 2.45) is 0 Å². The lowest BCUT2D eigenvalue weighted by molar-refractivity contribution is 0.0783. The molecule has 0 unspecified atom stereocenters. The molecule has 0 aromatic carbocycles. The van der Waals surface area contributed by atoms with Gasteiger partial charge in [0.15, 0.2) is 10.7 Å². The maximum absolute atomic E-state index is 12.9. The van der Waals surface area contributed by atoms with Gasteiger partial charge in [-0.3, -0.25) is 14.1 Å². The zero-order chi connectivity index (χ0) is 15.8. The zero-order valence-corrected chi connectivity index (χ0v) is 14.4. The van der Waals surface area contributed by atoms with Gasteiger partial charge in [0.2, 0.25) is 0 Å². The van der Waals surface area contributed by atoms with Gasteiger partial charge >= 0.3 is 0 Å². The fraction of sp³-hybridized carbons (Fsp3) is 0.625. The smallest absolute Gasteiger partial charge is 0.274 e. The second-order valence-corrected chi connectivity index (χ2v) is 7.41. The lowest BCUT2D eigenvalue weighted by atomic mass is 10.2. The summed E-state index contributed by atoms with van der Waals surface area (Å²) in [7, 11) is 2.16. The van der Waals surface area contributed by atoms with Gasteiger partial charge in [0, 0.05) is 57.4 Å². The number of thiazole rings is 1. The van der Waals surface area contributed by atoms with Crippen molar-refractivity contribution >= 4 is 22.2 Å². The molecule has 4 heterocycles. The topological polar surface area (TPSA) is 44.1 Å². The molecule has 4 rings (SSSR count). The highest BCUT2D eigenvalue weighted by Gasteiger charge is 2.27. The minimum atomic E-state index is 0.113. The minimum Gasteiger partial charge on any atom is -0.337 e. The standard InChI is InChI=1S/C16H23N5OS/c1-18-6-8-19(9-7-18)12-13-14(15(22)20-4-2-3-5-20)17-16-21(13)10-11-23-16/h10-11H,2-9,12H2,1H3. The molecule has 0 radical (unpaired) electrons. The summed E-state index contributed by atoms with van der Waals surface area (Å²) < 4.78 is 2.10. The Morgan fingerprint density at radius 1 is 1.17 bits per heavy atom. The van der Waals surface area contributed by atoms with Gasteiger partial charge in [-0.1, -0.05) is 0 Å². The monoisotopic (exact) mass is 333 g/mol. The molecule has 0 atom stereocenters. The van der Waals surface area contributed by atoms with E-state index in [4.69, 9.17) is 0 Å². The highest BCUT2D eigenvalue weighted by molar-refractivity contribution is 7.15. The summed E-state index contributed by atoms with van der Waals surface area (Å²) in [4.78, 5) is 25.2. The van der Waals surface area contributed by atoms with Crippen molar-refractivity contribution in [3.8, 4) is 0 Å². The number of amides is 1. The van der Waals surface area contributed by atoms with Crippen LogP contribution in [0.1, 0.15) is 29.0 Å². The van der Waals surface area contributed by atoms with E-state index >= 15 is 0 Å². The molecule has 2 aromatic heterocycles. The van der Waals surface area contributed by atoms with Crippen LogP contribution in [-0.2, 0) is 6.54 Å². The van der Waals surface area contributed by atoms with Gasteiger partial charge in [0.25, 0.3) is 5.91 Å². The Morgan fingerprint density at radius 3 is 2.65 bits per heavy atom. The molecule has 0 spiro atoms. The molecule has 1 amide bonds. The van der Waals surface area contributed by atoms with E-state index < -0.39 is 0 Å². The summed E-state index contributed by atoms with van der Waals surface area (Å²) in [6, 6.07) is 0. The van der Waals surface area contributed by atoms with Crippen LogP contribution in [0, 0.1) is 0 Å². The Kier molecular flexibility index (Phi) is 4.09. The maximum Gasteiger partial charge on any atom is 0.274 e. The normalized spacial score (nSPS) is 20.7. The molecule has 2 aliphatic heterocycles. The third-order valence-electron chi connectivity index (χ3n) is 4.93. The molecule has 23 heavy (non-hydrogen) atoms. The summed E-state index contributed by atoms with van der Waals surface area (Å²) in [5.41, 5.74) is 1.72. The number of nitrogens with zero attached hydrogens (tertiary/aromatic N) is 5. The Hall–Kier alpha value is -1.44. The summed E-state index contributed by atoms with van der Waals surface area (Å²) in [6.45, 7) is 6.81. The molecule has 0 bridgehead atoms. The first-order chi connectivity index (χ1) is 11.2. The number of likely N-dealkylation sites (tertiary alicyclic amines) is 1. The summed E-state index contributed by atoms with van der Waals surface area (Å²) in [5, 5.41) is 2.04. The highest BCUT2D eigenvalue weighted by atomic mass is 32.1. The Balaban J connectivity index is 1.62. The Labute approximate surface area is 140 Å². The molecule has 2 fully saturated rings.